The predicted octanol–water partition coefficient (Wildman–Crippen LogP) is 1.40. The van der Waals surface area contributed by atoms with Crippen LogP contribution >= 0.6 is 0 Å². The number of carbonyl (C=O) groups is 1. The fourth-order valence-electron chi connectivity index (χ4n) is 1.53. The largest absolute Gasteiger partial charge is 0.478 e. The molecule has 0 heterocycles. The molecule has 0 aromatic heterocycles. The zero-order valence-electron chi connectivity index (χ0n) is 11.2. The van der Waals surface area contributed by atoms with Gasteiger partial charge in [0.25, 0.3) is 0 Å². The third-order valence-electron chi connectivity index (χ3n) is 2.60. The fourth-order valence-corrected chi connectivity index (χ4v) is 2.13. The van der Waals surface area contributed by atoms with E-state index in [1.165, 1.54) is 23.1 Å². The Morgan fingerprint density at radius 1 is 1.45 bits per heavy atom. The van der Waals surface area contributed by atoms with Gasteiger partial charge in [-0.05, 0) is 23.8 Å². The van der Waals surface area contributed by atoms with Crippen molar-refractivity contribution in [2.45, 2.75) is 0 Å². The van der Waals surface area contributed by atoms with E-state index in [2.05, 4.69) is 0 Å². The fraction of sp³-hybridized carbons (Fsp3) is 0.308. The molecule has 1 aromatic rings. The minimum Gasteiger partial charge on any atom is -0.478 e. The summed E-state index contributed by atoms with van der Waals surface area (Å²) >= 11 is 0. The van der Waals surface area contributed by atoms with Crippen LogP contribution in [-0.2, 0) is 14.6 Å². The first-order valence-corrected chi connectivity index (χ1v) is 7.84. The van der Waals surface area contributed by atoms with Crippen LogP contribution in [0.25, 0.3) is 6.08 Å². The number of hydrogen-bond donors (Lipinski definition) is 1. The van der Waals surface area contributed by atoms with Gasteiger partial charge in [-0.2, -0.15) is 0 Å². The van der Waals surface area contributed by atoms with Crippen molar-refractivity contribution < 1.29 is 22.7 Å². The summed E-state index contributed by atoms with van der Waals surface area (Å²) in [4.78, 5) is 11.9. The number of anilines is 1. The van der Waals surface area contributed by atoms with Crippen LogP contribution in [0.1, 0.15) is 5.56 Å². The number of hydrogen-bond acceptors (Lipinski definition) is 4. The summed E-state index contributed by atoms with van der Waals surface area (Å²) in [7, 11) is -1.51. The first kappa shape index (κ1) is 16.2. The maximum atomic E-state index is 13.9. The maximum absolute atomic E-state index is 13.9. The highest BCUT2D eigenvalue weighted by Crippen LogP contribution is 2.20. The quantitative estimate of drug-likeness (QED) is 0.804. The van der Waals surface area contributed by atoms with Gasteiger partial charge in [-0.3, -0.25) is 0 Å². The number of halogens is 1. The van der Waals surface area contributed by atoms with Crippen LogP contribution in [-0.4, -0.2) is 45.1 Å². The van der Waals surface area contributed by atoms with E-state index in [9.17, 15) is 17.6 Å². The summed E-state index contributed by atoms with van der Waals surface area (Å²) in [5.41, 5.74) is 0.686. The van der Waals surface area contributed by atoms with E-state index >= 15 is 0 Å². The molecule has 0 fully saturated rings. The summed E-state index contributed by atoms with van der Waals surface area (Å²) in [5.74, 6) is -1.71. The Hall–Kier alpha value is -1.89. The third kappa shape index (κ3) is 5.40. The van der Waals surface area contributed by atoms with Crippen molar-refractivity contribution in [1.29, 1.82) is 0 Å². The number of nitrogens with zero attached hydrogens (tertiary/aromatic N) is 1. The molecule has 1 rings (SSSR count). The second-order valence-electron chi connectivity index (χ2n) is 4.43. The molecule has 0 saturated carbocycles. The van der Waals surface area contributed by atoms with E-state index < -0.39 is 21.6 Å². The topological polar surface area (TPSA) is 74.7 Å². The summed E-state index contributed by atoms with van der Waals surface area (Å²) in [6.07, 6.45) is 3.32. The minimum atomic E-state index is -3.11. The highest BCUT2D eigenvalue weighted by Gasteiger charge is 2.10. The molecule has 0 saturated heterocycles. The lowest BCUT2D eigenvalue weighted by atomic mass is 10.1. The van der Waals surface area contributed by atoms with Crippen LogP contribution in [0.15, 0.2) is 24.3 Å². The van der Waals surface area contributed by atoms with Crippen molar-refractivity contribution in [3.8, 4) is 0 Å². The number of carboxylic acids is 1. The minimum absolute atomic E-state index is 0.0659. The average molecular weight is 301 g/mol. The second-order valence-corrected chi connectivity index (χ2v) is 6.69. The van der Waals surface area contributed by atoms with E-state index in [1.54, 1.807) is 13.1 Å². The normalized spacial score (nSPS) is 11.8. The Morgan fingerprint density at radius 2 is 2.10 bits per heavy atom. The average Bonchev–Trinajstić information content (AvgIpc) is 2.32. The van der Waals surface area contributed by atoms with Gasteiger partial charge < -0.3 is 10.0 Å². The molecular formula is C13H16FNO4S. The molecule has 7 heteroatoms. The first-order valence-electron chi connectivity index (χ1n) is 5.78. The Morgan fingerprint density at radius 3 is 2.60 bits per heavy atom. The van der Waals surface area contributed by atoms with Gasteiger partial charge in [0, 0.05) is 25.9 Å². The highest BCUT2D eigenvalue weighted by molar-refractivity contribution is 7.90. The first-order chi connectivity index (χ1) is 9.19. The van der Waals surface area contributed by atoms with E-state index in [1.807, 2.05) is 0 Å². The van der Waals surface area contributed by atoms with Gasteiger partial charge in [0.1, 0.15) is 15.7 Å². The standard InChI is InChI=1S/C13H16FNO4S/c1-15(7-8-20(2,18)19)12-5-3-10(9-11(12)14)4-6-13(16)17/h3-6,9H,7-8H2,1-2H3,(H,16,17). The second kappa shape index (κ2) is 6.51. The Balaban J connectivity index is 2.84. The molecule has 0 unspecified atom stereocenters. The number of aliphatic carboxylic acids is 1. The molecule has 1 aromatic carbocycles. The third-order valence-corrected chi connectivity index (χ3v) is 3.52. The number of carboxylic acid groups (broad SMARTS) is 1. The molecule has 0 aliphatic heterocycles. The molecule has 20 heavy (non-hydrogen) atoms. The SMILES string of the molecule is CN(CCS(C)(=O)=O)c1ccc(C=CC(=O)O)cc1F. The van der Waals surface area contributed by atoms with Gasteiger partial charge in [-0.1, -0.05) is 6.07 Å². The van der Waals surface area contributed by atoms with E-state index in [4.69, 9.17) is 5.11 Å². The Labute approximate surface area is 117 Å². The predicted molar refractivity (Wildman–Crippen MR) is 76.1 cm³/mol. The molecular weight excluding hydrogens is 285 g/mol. The summed E-state index contributed by atoms with van der Waals surface area (Å²) < 4.78 is 36.0. The molecule has 1 N–H and O–H groups in total. The van der Waals surface area contributed by atoms with Crippen LogP contribution in [0.5, 0.6) is 0 Å². The molecule has 0 bridgehead atoms. The molecule has 0 amide bonds. The molecule has 0 aliphatic carbocycles. The molecule has 0 radical (unpaired) electrons. The summed E-state index contributed by atoms with van der Waals surface area (Å²) in [5, 5.41) is 8.49. The maximum Gasteiger partial charge on any atom is 0.328 e. The van der Waals surface area contributed by atoms with Gasteiger partial charge in [0.15, 0.2) is 0 Å². The lowest BCUT2D eigenvalue weighted by Crippen LogP contribution is -2.25. The van der Waals surface area contributed by atoms with Crippen LogP contribution in [0.2, 0.25) is 0 Å². The van der Waals surface area contributed by atoms with Crippen LogP contribution < -0.4 is 4.90 Å². The smallest absolute Gasteiger partial charge is 0.328 e. The molecule has 0 spiro atoms. The lowest BCUT2D eigenvalue weighted by Gasteiger charge is -2.19. The van der Waals surface area contributed by atoms with Gasteiger partial charge >= 0.3 is 5.97 Å². The molecule has 110 valence electrons. The van der Waals surface area contributed by atoms with Crippen molar-refractivity contribution in [2.75, 3.05) is 30.5 Å². The lowest BCUT2D eigenvalue weighted by molar-refractivity contribution is -0.131. The monoisotopic (exact) mass is 301 g/mol. The highest BCUT2D eigenvalue weighted by atomic mass is 32.2. The van der Waals surface area contributed by atoms with Crippen LogP contribution in [0, 0.1) is 5.82 Å². The Bertz CT molecular complexity index is 625. The molecule has 0 atom stereocenters. The Kier molecular flexibility index (Phi) is 5.26. The van der Waals surface area contributed by atoms with E-state index in [0.29, 0.717) is 5.56 Å². The van der Waals surface area contributed by atoms with Crippen LogP contribution in [0.3, 0.4) is 0 Å². The number of sulfone groups is 1. The van der Waals surface area contributed by atoms with Gasteiger partial charge in [0.05, 0.1) is 11.4 Å². The molecule has 0 aliphatic rings. The zero-order chi connectivity index (χ0) is 15.3. The summed E-state index contributed by atoms with van der Waals surface area (Å²) in [6, 6.07) is 4.25. The zero-order valence-corrected chi connectivity index (χ0v) is 12.0. The van der Waals surface area contributed by atoms with Crippen molar-refractivity contribution in [2.24, 2.45) is 0 Å². The van der Waals surface area contributed by atoms with Crippen molar-refractivity contribution >= 4 is 27.6 Å². The number of benzene rings is 1. The van der Waals surface area contributed by atoms with Gasteiger partial charge in [-0.15, -0.1) is 0 Å². The van der Waals surface area contributed by atoms with Crippen molar-refractivity contribution in [1.82, 2.24) is 0 Å². The van der Waals surface area contributed by atoms with Crippen molar-refractivity contribution in [3.05, 3.63) is 35.7 Å². The van der Waals surface area contributed by atoms with E-state index in [-0.39, 0.29) is 18.0 Å². The summed E-state index contributed by atoms with van der Waals surface area (Å²) in [6.45, 7) is 0.181. The number of rotatable bonds is 6. The van der Waals surface area contributed by atoms with Crippen molar-refractivity contribution in [3.63, 3.8) is 0 Å². The molecule has 5 nitrogen and oxygen atoms in total. The van der Waals surface area contributed by atoms with Gasteiger partial charge in [0.2, 0.25) is 0 Å². The van der Waals surface area contributed by atoms with E-state index in [0.717, 1.165) is 12.3 Å². The van der Waals surface area contributed by atoms with Gasteiger partial charge in [-0.25, -0.2) is 17.6 Å². The van der Waals surface area contributed by atoms with Crippen LogP contribution in [0.4, 0.5) is 10.1 Å².